The molecule has 7 nitrogen and oxygen atoms in total. The van der Waals surface area contributed by atoms with Gasteiger partial charge in [-0.1, -0.05) is 19.8 Å². The Kier molecular flexibility index (Phi) is 5.35. The highest BCUT2D eigenvalue weighted by atomic mass is 16.4. The lowest BCUT2D eigenvalue weighted by atomic mass is 9.98. The third-order valence-corrected chi connectivity index (χ3v) is 3.80. The molecule has 1 unspecified atom stereocenters. The van der Waals surface area contributed by atoms with Gasteiger partial charge in [0.1, 0.15) is 5.54 Å². The molecule has 1 aliphatic rings. The Morgan fingerprint density at radius 2 is 1.85 bits per heavy atom. The highest BCUT2D eigenvalue weighted by Gasteiger charge is 2.43. The minimum Gasteiger partial charge on any atom is -0.480 e. The van der Waals surface area contributed by atoms with Crippen LogP contribution in [0.3, 0.4) is 0 Å². The number of carboxylic acid groups (broad SMARTS) is 1. The van der Waals surface area contributed by atoms with E-state index in [1.807, 2.05) is 0 Å². The second-order valence-corrected chi connectivity index (χ2v) is 5.42. The fourth-order valence-electron chi connectivity index (χ4n) is 2.49. The molecule has 0 bridgehead atoms. The Bertz CT molecular complexity index is 391. The highest BCUT2D eigenvalue weighted by molar-refractivity contribution is 5.87. The van der Waals surface area contributed by atoms with Crippen LogP contribution in [-0.4, -0.2) is 54.1 Å². The zero-order chi connectivity index (χ0) is 15.3. The second-order valence-electron chi connectivity index (χ2n) is 5.42. The van der Waals surface area contributed by atoms with Crippen molar-refractivity contribution in [1.82, 2.24) is 15.5 Å². The summed E-state index contributed by atoms with van der Waals surface area (Å²) < 4.78 is 0. The molecule has 0 spiro atoms. The lowest BCUT2D eigenvalue weighted by Crippen LogP contribution is -2.56. The van der Waals surface area contributed by atoms with Gasteiger partial charge in [-0.2, -0.15) is 0 Å². The summed E-state index contributed by atoms with van der Waals surface area (Å²) >= 11 is 0. The van der Waals surface area contributed by atoms with Crippen LogP contribution in [0.2, 0.25) is 0 Å². The molecule has 20 heavy (non-hydrogen) atoms. The first-order chi connectivity index (χ1) is 9.32. The van der Waals surface area contributed by atoms with E-state index in [0.29, 0.717) is 12.8 Å². The molecule has 1 rings (SSSR count). The molecule has 3 amide bonds. The Morgan fingerprint density at radius 3 is 2.30 bits per heavy atom. The molecule has 1 saturated carbocycles. The lowest BCUT2D eigenvalue weighted by molar-refractivity contribution is -0.144. The molecule has 0 aliphatic heterocycles. The Morgan fingerprint density at radius 1 is 1.30 bits per heavy atom. The standard InChI is InChI=1S/C13H23N3O4/c1-9(10(17)14-2)8-16(3)12(20)15-13(11(18)19)6-4-5-7-13/h9H,4-8H2,1-3H3,(H,14,17)(H,15,20)(H,18,19). The number of nitrogens with zero attached hydrogens (tertiary/aromatic N) is 1. The Hall–Kier alpha value is -1.79. The van der Waals surface area contributed by atoms with Crippen LogP contribution in [0.15, 0.2) is 0 Å². The van der Waals surface area contributed by atoms with Crippen LogP contribution in [-0.2, 0) is 9.59 Å². The number of nitrogens with one attached hydrogen (secondary N) is 2. The van der Waals surface area contributed by atoms with Crippen LogP contribution < -0.4 is 10.6 Å². The fraction of sp³-hybridized carbons (Fsp3) is 0.769. The fourth-order valence-corrected chi connectivity index (χ4v) is 2.49. The lowest BCUT2D eigenvalue weighted by Gasteiger charge is -2.29. The van der Waals surface area contributed by atoms with Gasteiger partial charge in [0, 0.05) is 20.6 Å². The molecule has 0 aromatic carbocycles. The van der Waals surface area contributed by atoms with Crippen LogP contribution >= 0.6 is 0 Å². The average molecular weight is 285 g/mol. The van der Waals surface area contributed by atoms with Crippen molar-refractivity contribution in [3.63, 3.8) is 0 Å². The largest absolute Gasteiger partial charge is 0.480 e. The number of aliphatic carboxylic acids is 1. The Balaban J connectivity index is 2.61. The summed E-state index contributed by atoms with van der Waals surface area (Å²) in [4.78, 5) is 36.2. The zero-order valence-electron chi connectivity index (χ0n) is 12.2. The van der Waals surface area contributed by atoms with Gasteiger partial charge < -0.3 is 20.6 Å². The van der Waals surface area contributed by atoms with Crippen LogP contribution in [0.5, 0.6) is 0 Å². The number of hydrogen-bond acceptors (Lipinski definition) is 3. The van der Waals surface area contributed by atoms with Crippen molar-refractivity contribution < 1.29 is 19.5 Å². The van der Waals surface area contributed by atoms with Gasteiger partial charge in [-0.05, 0) is 12.8 Å². The minimum absolute atomic E-state index is 0.154. The van der Waals surface area contributed by atoms with E-state index in [2.05, 4.69) is 10.6 Å². The molecule has 3 N–H and O–H groups in total. The topological polar surface area (TPSA) is 98.7 Å². The number of amides is 3. The molecule has 1 atom stereocenters. The number of hydrogen-bond donors (Lipinski definition) is 3. The van der Waals surface area contributed by atoms with Gasteiger partial charge >= 0.3 is 12.0 Å². The number of carbonyl (C=O) groups is 3. The summed E-state index contributed by atoms with van der Waals surface area (Å²) in [6.45, 7) is 1.95. The van der Waals surface area contributed by atoms with Crippen molar-refractivity contribution in [2.45, 2.75) is 38.1 Å². The Labute approximate surface area is 118 Å². The summed E-state index contributed by atoms with van der Waals surface area (Å²) in [6, 6.07) is -0.454. The van der Waals surface area contributed by atoms with Crippen molar-refractivity contribution in [2.24, 2.45) is 5.92 Å². The molecule has 0 aromatic heterocycles. The molecular formula is C13H23N3O4. The molecule has 1 aliphatic carbocycles. The first kappa shape index (κ1) is 16.3. The number of carboxylic acids is 1. The predicted octanol–water partition coefficient (Wildman–Crippen LogP) is 0.407. The van der Waals surface area contributed by atoms with Gasteiger partial charge in [-0.3, -0.25) is 4.79 Å². The van der Waals surface area contributed by atoms with E-state index in [4.69, 9.17) is 0 Å². The summed E-state index contributed by atoms with van der Waals surface area (Å²) in [5.41, 5.74) is -1.15. The van der Waals surface area contributed by atoms with Crippen LogP contribution in [0.25, 0.3) is 0 Å². The third kappa shape index (κ3) is 3.61. The maximum absolute atomic E-state index is 12.1. The smallest absolute Gasteiger partial charge is 0.329 e. The van der Waals surface area contributed by atoms with E-state index in [1.165, 1.54) is 11.9 Å². The first-order valence-electron chi connectivity index (χ1n) is 6.80. The third-order valence-electron chi connectivity index (χ3n) is 3.80. The number of urea groups is 1. The summed E-state index contributed by atoms with van der Waals surface area (Å²) in [7, 11) is 3.09. The SMILES string of the molecule is CNC(=O)C(C)CN(C)C(=O)NC1(C(=O)O)CCCC1. The van der Waals surface area contributed by atoms with Crippen molar-refractivity contribution in [3.05, 3.63) is 0 Å². The minimum atomic E-state index is -1.15. The van der Waals surface area contributed by atoms with E-state index in [0.717, 1.165) is 12.8 Å². The van der Waals surface area contributed by atoms with Gasteiger partial charge in [-0.25, -0.2) is 9.59 Å². The molecule has 0 radical (unpaired) electrons. The molecule has 114 valence electrons. The van der Waals surface area contributed by atoms with E-state index in [1.54, 1.807) is 14.0 Å². The van der Waals surface area contributed by atoms with Crippen molar-refractivity contribution in [3.8, 4) is 0 Å². The van der Waals surface area contributed by atoms with E-state index >= 15 is 0 Å². The van der Waals surface area contributed by atoms with Gasteiger partial charge in [0.25, 0.3) is 0 Å². The highest BCUT2D eigenvalue weighted by Crippen LogP contribution is 2.30. The molecule has 0 aromatic rings. The molecule has 0 saturated heterocycles. The van der Waals surface area contributed by atoms with Gasteiger partial charge in [0.2, 0.25) is 5.91 Å². The van der Waals surface area contributed by atoms with Gasteiger partial charge in [0.15, 0.2) is 0 Å². The van der Waals surface area contributed by atoms with Gasteiger partial charge in [-0.15, -0.1) is 0 Å². The summed E-state index contributed by atoms with van der Waals surface area (Å²) in [6.07, 6.45) is 2.50. The van der Waals surface area contributed by atoms with Gasteiger partial charge in [0.05, 0.1) is 5.92 Å². The van der Waals surface area contributed by atoms with Crippen LogP contribution in [0, 0.1) is 5.92 Å². The summed E-state index contributed by atoms with van der Waals surface area (Å²) in [5, 5.41) is 14.4. The maximum atomic E-state index is 12.1. The quantitative estimate of drug-likeness (QED) is 0.681. The van der Waals surface area contributed by atoms with Crippen molar-refractivity contribution in [2.75, 3.05) is 20.6 Å². The molecular weight excluding hydrogens is 262 g/mol. The molecule has 1 fully saturated rings. The number of rotatable bonds is 5. The van der Waals surface area contributed by atoms with E-state index in [-0.39, 0.29) is 18.4 Å². The van der Waals surface area contributed by atoms with Crippen molar-refractivity contribution in [1.29, 1.82) is 0 Å². The molecule has 0 heterocycles. The monoisotopic (exact) mass is 285 g/mol. The number of carbonyl (C=O) groups excluding carboxylic acids is 2. The maximum Gasteiger partial charge on any atom is 0.329 e. The normalized spacial score (nSPS) is 18.1. The van der Waals surface area contributed by atoms with Crippen LogP contribution in [0.4, 0.5) is 4.79 Å². The van der Waals surface area contributed by atoms with Crippen molar-refractivity contribution >= 4 is 17.9 Å². The van der Waals surface area contributed by atoms with Crippen LogP contribution in [0.1, 0.15) is 32.6 Å². The molecule has 7 heteroatoms. The predicted molar refractivity (Wildman–Crippen MR) is 73.2 cm³/mol. The van der Waals surface area contributed by atoms with E-state index in [9.17, 15) is 19.5 Å². The first-order valence-corrected chi connectivity index (χ1v) is 6.80. The summed E-state index contributed by atoms with van der Waals surface area (Å²) in [5.74, 6) is -1.49. The second kappa shape index (κ2) is 6.58. The average Bonchev–Trinajstić information content (AvgIpc) is 2.87. The zero-order valence-corrected chi connectivity index (χ0v) is 12.2. The van der Waals surface area contributed by atoms with E-state index < -0.39 is 17.5 Å².